The molecule has 1 aromatic heterocycles. The van der Waals surface area contributed by atoms with Gasteiger partial charge in [-0.2, -0.15) is 0 Å². The molecule has 0 saturated carbocycles. The third kappa shape index (κ3) is 7.49. The first-order valence-corrected chi connectivity index (χ1v) is 13.3. The number of amides is 1. The second-order valence-electron chi connectivity index (χ2n) is 9.08. The van der Waals surface area contributed by atoms with Crippen LogP contribution in [0.5, 0.6) is 5.75 Å². The monoisotopic (exact) mass is 530 g/mol. The number of fused-ring (bicyclic) bond motifs is 1. The van der Waals surface area contributed by atoms with Crippen LogP contribution in [0.15, 0.2) is 85.1 Å². The van der Waals surface area contributed by atoms with Gasteiger partial charge in [0.15, 0.2) is 5.12 Å². The highest BCUT2D eigenvalue weighted by atomic mass is 32.2. The quantitative estimate of drug-likeness (QED) is 0.238. The van der Waals surface area contributed by atoms with Crippen LogP contribution < -0.4 is 10.1 Å². The number of para-hydroxylation sites is 1. The summed E-state index contributed by atoms with van der Waals surface area (Å²) in [5, 5.41) is 13.4. The number of carboxylic acids is 1. The van der Waals surface area contributed by atoms with Crippen molar-refractivity contribution in [2.75, 3.05) is 5.75 Å². The van der Waals surface area contributed by atoms with Gasteiger partial charge >= 0.3 is 5.97 Å². The van der Waals surface area contributed by atoms with Crippen molar-refractivity contribution in [3.05, 3.63) is 102 Å². The molecule has 38 heavy (non-hydrogen) atoms. The summed E-state index contributed by atoms with van der Waals surface area (Å²) in [6.45, 7) is 1.91. The van der Waals surface area contributed by atoms with Gasteiger partial charge in [-0.15, -0.1) is 0 Å². The molecule has 0 aliphatic heterocycles. The smallest absolute Gasteiger partial charge is 0.326 e. The van der Waals surface area contributed by atoms with Crippen LogP contribution in [-0.4, -0.2) is 38.9 Å². The Morgan fingerprint density at radius 1 is 0.921 bits per heavy atom. The molecule has 0 aliphatic rings. The SMILES string of the molecule is CC(=O)SCC(Cc1ccc(OCc2ccccc2)cc1)C(=O)N[C@@H](Cc1c[nH]c2ccccc12)C(=O)O. The van der Waals surface area contributed by atoms with Crippen LogP contribution >= 0.6 is 11.8 Å². The summed E-state index contributed by atoms with van der Waals surface area (Å²) in [6, 6.07) is 23.9. The number of ether oxygens (including phenoxy) is 1. The molecule has 0 aliphatic carbocycles. The lowest BCUT2D eigenvalue weighted by atomic mass is 9.98. The molecule has 0 spiro atoms. The van der Waals surface area contributed by atoms with Gasteiger partial charge in [0.05, 0.1) is 5.92 Å². The minimum absolute atomic E-state index is 0.0963. The molecule has 0 radical (unpaired) electrons. The van der Waals surface area contributed by atoms with E-state index in [4.69, 9.17) is 4.74 Å². The number of aromatic amines is 1. The average molecular weight is 531 g/mol. The Kier molecular flexibility index (Phi) is 9.21. The van der Waals surface area contributed by atoms with Gasteiger partial charge in [0.25, 0.3) is 0 Å². The molecule has 4 rings (SSSR count). The molecule has 196 valence electrons. The summed E-state index contributed by atoms with van der Waals surface area (Å²) < 4.78 is 5.84. The van der Waals surface area contributed by atoms with Gasteiger partial charge in [0, 0.05) is 36.2 Å². The molecule has 3 N–H and O–H groups in total. The number of aromatic nitrogens is 1. The standard InChI is InChI=1S/C30H30N2O5S/c1-20(33)38-19-24(15-21-11-13-25(14-12-21)37-18-22-7-3-2-4-8-22)29(34)32-28(30(35)36)16-23-17-31-27-10-6-5-9-26(23)27/h2-14,17,24,28,31H,15-16,18-19H2,1H3,(H,32,34)(H,35,36)/t24?,28-/m0/s1. The summed E-state index contributed by atoms with van der Waals surface area (Å²) >= 11 is 1.06. The van der Waals surface area contributed by atoms with E-state index in [0.29, 0.717) is 18.8 Å². The molecule has 0 fully saturated rings. The van der Waals surface area contributed by atoms with Crippen molar-refractivity contribution < 1.29 is 24.2 Å². The Bertz CT molecular complexity index is 1380. The fourth-order valence-electron chi connectivity index (χ4n) is 4.20. The summed E-state index contributed by atoms with van der Waals surface area (Å²) in [6.07, 6.45) is 2.28. The maximum atomic E-state index is 13.3. The van der Waals surface area contributed by atoms with Crippen molar-refractivity contribution in [2.45, 2.75) is 32.4 Å². The fourth-order valence-corrected chi connectivity index (χ4v) is 4.91. The molecule has 1 amide bonds. The van der Waals surface area contributed by atoms with Crippen molar-refractivity contribution in [3.63, 3.8) is 0 Å². The number of carboxylic acid groups (broad SMARTS) is 1. The Labute approximate surface area is 225 Å². The lowest BCUT2D eigenvalue weighted by Crippen LogP contribution is -2.46. The Balaban J connectivity index is 1.42. The van der Waals surface area contributed by atoms with Crippen LogP contribution in [0.1, 0.15) is 23.6 Å². The molecule has 0 saturated heterocycles. The Morgan fingerprint density at radius 3 is 2.34 bits per heavy atom. The third-order valence-corrected chi connectivity index (χ3v) is 7.20. The fraction of sp³-hybridized carbons (Fsp3) is 0.233. The highest BCUT2D eigenvalue weighted by Crippen LogP contribution is 2.22. The number of benzene rings is 3. The largest absolute Gasteiger partial charge is 0.489 e. The third-order valence-electron chi connectivity index (χ3n) is 6.23. The number of carbonyl (C=O) groups excluding carboxylic acids is 2. The van der Waals surface area contributed by atoms with E-state index < -0.39 is 23.8 Å². The normalized spacial score (nSPS) is 12.6. The summed E-state index contributed by atoms with van der Waals surface area (Å²) in [7, 11) is 0. The molecule has 7 nitrogen and oxygen atoms in total. The van der Waals surface area contributed by atoms with Crippen molar-refractivity contribution in [2.24, 2.45) is 5.92 Å². The number of aliphatic carboxylic acids is 1. The highest BCUT2D eigenvalue weighted by Gasteiger charge is 2.27. The van der Waals surface area contributed by atoms with E-state index in [1.165, 1.54) is 6.92 Å². The van der Waals surface area contributed by atoms with Crippen LogP contribution in [0, 0.1) is 5.92 Å². The summed E-state index contributed by atoms with van der Waals surface area (Å²) in [5.41, 5.74) is 3.68. The van der Waals surface area contributed by atoms with Crippen molar-refractivity contribution >= 4 is 39.7 Å². The van der Waals surface area contributed by atoms with Gasteiger partial charge in [-0.05, 0) is 41.3 Å². The Hall–Kier alpha value is -4.04. The van der Waals surface area contributed by atoms with E-state index in [2.05, 4.69) is 10.3 Å². The zero-order chi connectivity index (χ0) is 26.9. The molecule has 3 aromatic carbocycles. The number of H-pyrrole nitrogens is 1. The number of rotatable bonds is 12. The predicted octanol–water partition coefficient (Wildman–Crippen LogP) is 5.00. The van der Waals surface area contributed by atoms with Crippen LogP contribution in [-0.2, 0) is 33.8 Å². The molecule has 4 aromatic rings. The van der Waals surface area contributed by atoms with E-state index in [1.807, 2.05) is 78.9 Å². The number of nitrogens with one attached hydrogen (secondary N) is 2. The molecular formula is C30H30N2O5S. The van der Waals surface area contributed by atoms with Crippen LogP contribution in [0.2, 0.25) is 0 Å². The topological polar surface area (TPSA) is 108 Å². The summed E-state index contributed by atoms with van der Waals surface area (Å²) in [5.74, 6) is -1.12. The number of carbonyl (C=O) groups is 3. The number of hydrogen-bond donors (Lipinski definition) is 3. The van der Waals surface area contributed by atoms with E-state index in [0.717, 1.165) is 39.4 Å². The first kappa shape index (κ1) is 27.0. The maximum Gasteiger partial charge on any atom is 0.326 e. The second-order valence-corrected chi connectivity index (χ2v) is 10.3. The van der Waals surface area contributed by atoms with Gasteiger partial charge in [-0.25, -0.2) is 4.79 Å². The zero-order valence-electron chi connectivity index (χ0n) is 21.1. The molecule has 2 atom stereocenters. The molecule has 1 unspecified atom stereocenters. The van der Waals surface area contributed by atoms with Crippen molar-refractivity contribution in [3.8, 4) is 5.75 Å². The van der Waals surface area contributed by atoms with E-state index in [1.54, 1.807) is 6.20 Å². The first-order chi connectivity index (χ1) is 18.4. The Morgan fingerprint density at radius 2 is 1.63 bits per heavy atom. The van der Waals surface area contributed by atoms with Gasteiger partial charge in [0.2, 0.25) is 5.91 Å². The van der Waals surface area contributed by atoms with Crippen molar-refractivity contribution in [1.29, 1.82) is 0 Å². The molecule has 8 heteroatoms. The van der Waals surface area contributed by atoms with Crippen LogP contribution in [0.4, 0.5) is 0 Å². The lowest BCUT2D eigenvalue weighted by Gasteiger charge is -2.20. The molecular weight excluding hydrogens is 500 g/mol. The van der Waals surface area contributed by atoms with Gasteiger partial charge in [-0.3, -0.25) is 9.59 Å². The molecule has 0 bridgehead atoms. The average Bonchev–Trinajstić information content (AvgIpc) is 3.33. The highest BCUT2D eigenvalue weighted by molar-refractivity contribution is 8.13. The van der Waals surface area contributed by atoms with E-state index in [-0.39, 0.29) is 17.3 Å². The number of thioether (sulfide) groups is 1. The zero-order valence-corrected chi connectivity index (χ0v) is 21.9. The molecule has 1 heterocycles. The minimum atomic E-state index is -1.11. The predicted molar refractivity (Wildman–Crippen MR) is 149 cm³/mol. The second kappa shape index (κ2) is 13.0. The first-order valence-electron chi connectivity index (χ1n) is 12.4. The van der Waals surface area contributed by atoms with Gasteiger partial charge in [0.1, 0.15) is 18.4 Å². The van der Waals surface area contributed by atoms with Gasteiger partial charge < -0.3 is 20.1 Å². The van der Waals surface area contributed by atoms with Crippen LogP contribution in [0.3, 0.4) is 0 Å². The lowest BCUT2D eigenvalue weighted by molar-refractivity contribution is -0.142. The van der Waals surface area contributed by atoms with E-state index in [9.17, 15) is 19.5 Å². The maximum absolute atomic E-state index is 13.3. The number of hydrogen-bond acceptors (Lipinski definition) is 5. The van der Waals surface area contributed by atoms with Crippen LogP contribution in [0.25, 0.3) is 10.9 Å². The summed E-state index contributed by atoms with van der Waals surface area (Å²) in [4.78, 5) is 40.1. The van der Waals surface area contributed by atoms with Crippen molar-refractivity contribution in [1.82, 2.24) is 10.3 Å². The van der Waals surface area contributed by atoms with E-state index >= 15 is 0 Å². The van der Waals surface area contributed by atoms with Gasteiger partial charge in [-0.1, -0.05) is 72.4 Å². The minimum Gasteiger partial charge on any atom is -0.489 e.